The summed E-state index contributed by atoms with van der Waals surface area (Å²) >= 11 is 0. The van der Waals surface area contributed by atoms with Gasteiger partial charge in [0.25, 0.3) is 22.1 Å². The molecule has 0 bridgehead atoms. The third-order valence-electron chi connectivity index (χ3n) is 5.50. The van der Waals surface area contributed by atoms with Gasteiger partial charge in [0, 0.05) is 37.3 Å². The van der Waals surface area contributed by atoms with Gasteiger partial charge < -0.3 is 10.1 Å². The van der Waals surface area contributed by atoms with Crippen LogP contribution in [-0.2, 0) is 31.4 Å². The molecule has 16 heteroatoms. The second kappa shape index (κ2) is 11.2. The predicted octanol–water partition coefficient (Wildman–Crippen LogP) is 0.860. The number of hydrogen-bond donors (Lipinski definition) is 2. The van der Waals surface area contributed by atoms with Gasteiger partial charge in [-0.05, 0) is 25.3 Å². The molecule has 0 unspecified atom stereocenters. The molecule has 35 heavy (non-hydrogen) atoms. The third kappa shape index (κ3) is 7.60. The predicted molar refractivity (Wildman–Crippen MR) is 124 cm³/mol. The van der Waals surface area contributed by atoms with Gasteiger partial charge in [-0.25, -0.2) is 26.5 Å². The highest BCUT2D eigenvalue weighted by molar-refractivity contribution is 7.88. The number of nitrogens with one attached hydrogen (secondary N) is 1. The number of nitrogens with zero attached hydrogens (tertiary/aromatic N) is 4. The van der Waals surface area contributed by atoms with Crippen LogP contribution >= 0.6 is 0 Å². The van der Waals surface area contributed by atoms with Crippen molar-refractivity contribution in [2.75, 3.05) is 43.6 Å². The van der Waals surface area contributed by atoms with E-state index in [-0.39, 0.29) is 49.2 Å². The van der Waals surface area contributed by atoms with Crippen molar-refractivity contribution in [3.05, 3.63) is 28.2 Å². The molecule has 0 aliphatic carbocycles. The molecule has 0 aromatic carbocycles. The minimum atomic E-state index is -4.12. The summed E-state index contributed by atoms with van der Waals surface area (Å²) < 4.78 is 88.1. The number of anilines is 1. The molecule has 1 aliphatic heterocycles. The molecule has 196 valence electrons. The summed E-state index contributed by atoms with van der Waals surface area (Å²) in [5.74, 6) is -0.315. The SMILES string of the molecule is CS(=O)(=O)N1CCC(Nc2ncc3cc(C(F)F)c(=O)n(CCOCCCS(=O)(=O)O)c3n2)CC1. The van der Waals surface area contributed by atoms with Gasteiger partial charge in [-0.2, -0.15) is 13.4 Å². The molecule has 3 rings (SSSR count). The number of pyridine rings is 1. The molecular formula is C19H27F2N5O7S2. The maximum atomic E-state index is 13.4. The van der Waals surface area contributed by atoms with E-state index in [4.69, 9.17) is 9.29 Å². The summed E-state index contributed by atoms with van der Waals surface area (Å²) in [4.78, 5) is 21.2. The minimum absolute atomic E-state index is 0.0189. The van der Waals surface area contributed by atoms with Gasteiger partial charge in [0.1, 0.15) is 5.65 Å². The van der Waals surface area contributed by atoms with E-state index in [2.05, 4.69) is 15.3 Å². The number of ether oxygens (including phenoxy) is 1. The number of sulfonamides is 1. The molecule has 3 heterocycles. The van der Waals surface area contributed by atoms with E-state index in [1.165, 1.54) is 10.5 Å². The number of fused-ring (bicyclic) bond motifs is 1. The molecule has 1 aliphatic rings. The van der Waals surface area contributed by atoms with E-state index in [0.717, 1.165) is 16.9 Å². The summed E-state index contributed by atoms with van der Waals surface area (Å²) in [7, 11) is -7.39. The van der Waals surface area contributed by atoms with Crippen molar-refractivity contribution in [3.63, 3.8) is 0 Å². The Bertz CT molecular complexity index is 1310. The van der Waals surface area contributed by atoms with Gasteiger partial charge in [0.2, 0.25) is 16.0 Å². The summed E-state index contributed by atoms with van der Waals surface area (Å²) in [6, 6.07) is 0.928. The van der Waals surface area contributed by atoms with Crippen LogP contribution in [0.2, 0.25) is 0 Å². The highest BCUT2D eigenvalue weighted by Gasteiger charge is 2.25. The molecule has 0 radical (unpaired) electrons. The smallest absolute Gasteiger partial charge is 0.269 e. The Labute approximate surface area is 201 Å². The number of hydrogen-bond acceptors (Lipinski definition) is 9. The van der Waals surface area contributed by atoms with E-state index >= 15 is 0 Å². The number of aromatic nitrogens is 3. The van der Waals surface area contributed by atoms with Crippen molar-refractivity contribution >= 4 is 37.1 Å². The molecule has 1 saturated heterocycles. The Balaban J connectivity index is 1.76. The Hall–Kier alpha value is -2.27. The minimum Gasteiger partial charge on any atom is -0.380 e. The Morgan fingerprint density at radius 1 is 1.23 bits per heavy atom. The topological polar surface area (TPSA) is 161 Å². The zero-order chi connectivity index (χ0) is 25.8. The fourth-order valence-corrected chi connectivity index (χ4v) is 5.09. The first-order valence-electron chi connectivity index (χ1n) is 10.8. The molecule has 1 fully saturated rings. The summed E-state index contributed by atoms with van der Waals surface area (Å²) in [5.41, 5.74) is -1.52. The Morgan fingerprint density at radius 2 is 1.91 bits per heavy atom. The molecule has 12 nitrogen and oxygen atoms in total. The lowest BCUT2D eigenvalue weighted by Gasteiger charge is -2.30. The van der Waals surface area contributed by atoms with Crippen molar-refractivity contribution in [2.45, 2.75) is 38.3 Å². The van der Waals surface area contributed by atoms with Gasteiger partial charge in [0.15, 0.2) is 0 Å². The van der Waals surface area contributed by atoms with Crippen LogP contribution in [0.25, 0.3) is 11.0 Å². The summed E-state index contributed by atoms with van der Waals surface area (Å²) in [6.07, 6.45) is 0.529. The first kappa shape index (κ1) is 27.3. The number of halogens is 2. The zero-order valence-corrected chi connectivity index (χ0v) is 20.6. The van der Waals surface area contributed by atoms with Crippen LogP contribution in [-0.4, -0.2) is 84.6 Å². The second-order valence-corrected chi connectivity index (χ2v) is 11.7. The van der Waals surface area contributed by atoms with Crippen molar-refractivity contribution in [2.24, 2.45) is 0 Å². The van der Waals surface area contributed by atoms with Crippen LogP contribution in [0.4, 0.5) is 14.7 Å². The van der Waals surface area contributed by atoms with Crippen LogP contribution in [0.3, 0.4) is 0 Å². The molecule has 0 saturated carbocycles. The highest BCUT2D eigenvalue weighted by Crippen LogP contribution is 2.21. The molecule has 2 aromatic rings. The van der Waals surface area contributed by atoms with Crippen LogP contribution in [0.1, 0.15) is 31.3 Å². The van der Waals surface area contributed by atoms with Gasteiger partial charge in [-0.3, -0.25) is 13.9 Å². The van der Waals surface area contributed by atoms with Crippen molar-refractivity contribution in [1.82, 2.24) is 18.8 Å². The Kier molecular flexibility index (Phi) is 8.74. The van der Waals surface area contributed by atoms with Gasteiger partial charge in [-0.1, -0.05) is 0 Å². The van der Waals surface area contributed by atoms with E-state index < -0.39 is 43.4 Å². The normalized spacial score (nSPS) is 16.3. The lowest BCUT2D eigenvalue weighted by molar-refractivity contribution is 0.125. The largest absolute Gasteiger partial charge is 0.380 e. The van der Waals surface area contributed by atoms with Gasteiger partial charge in [-0.15, -0.1) is 0 Å². The standard InChI is InChI=1S/C19H27F2N5O7S2/c1-34(28,29)25-5-3-14(4-6-25)23-19-22-12-13-11-15(16(20)21)18(27)26(17(13)24-19)7-9-33-8-2-10-35(30,31)32/h11-12,14,16H,2-10H2,1H3,(H,22,23,24)(H,30,31,32). The maximum absolute atomic E-state index is 13.4. The fourth-order valence-electron chi connectivity index (χ4n) is 3.73. The van der Waals surface area contributed by atoms with Crippen LogP contribution in [0.15, 0.2) is 17.1 Å². The quantitative estimate of drug-likeness (QED) is 0.309. The maximum Gasteiger partial charge on any atom is 0.269 e. The number of rotatable bonds is 11. The average molecular weight is 540 g/mol. The molecule has 2 N–H and O–H groups in total. The first-order chi connectivity index (χ1) is 16.3. The van der Waals surface area contributed by atoms with E-state index in [0.29, 0.717) is 25.9 Å². The van der Waals surface area contributed by atoms with Crippen molar-refractivity contribution < 1.29 is 34.9 Å². The fraction of sp³-hybridized carbons (Fsp3) is 0.632. The average Bonchev–Trinajstić information content (AvgIpc) is 2.76. The van der Waals surface area contributed by atoms with Crippen LogP contribution < -0.4 is 10.9 Å². The molecule has 2 aromatic heterocycles. The van der Waals surface area contributed by atoms with Crippen LogP contribution in [0.5, 0.6) is 0 Å². The highest BCUT2D eigenvalue weighted by atomic mass is 32.2. The zero-order valence-electron chi connectivity index (χ0n) is 18.9. The first-order valence-corrected chi connectivity index (χ1v) is 14.2. The monoisotopic (exact) mass is 539 g/mol. The van der Waals surface area contributed by atoms with Crippen LogP contribution in [0, 0.1) is 0 Å². The lowest BCUT2D eigenvalue weighted by atomic mass is 10.1. The molecule has 0 atom stereocenters. The second-order valence-electron chi connectivity index (χ2n) is 8.16. The Morgan fingerprint density at radius 3 is 2.51 bits per heavy atom. The third-order valence-corrected chi connectivity index (χ3v) is 7.60. The number of alkyl halides is 2. The van der Waals surface area contributed by atoms with Crippen molar-refractivity contribution in [1.29, 1.82) is 0 Å². The summed E-state index contributed by atoms with van der Waals surface area (Å²) in [6.45, 7) is 0.451. The molecular weight excluding hydrogens is 512 g/mol. The lowest BCUT2D eigenvalue weighted by Crippen LogP contribution is -2.42. The van der Waals surface area contributed by atoms with Gasteiger partial charge >= 0.3 is 0 Å². The summed E-state index contributed by atoms with van der Waals surface area (Å²) in [5, 5.41) is 3.33. The van der Waals surface area contributed by atoms with E-state index in [1.807, 2.05) is 0 Å². The van der Waals surface area contributed by atoms with E-state index in [9.17, 15) is 30.4 Å². The van der Waals surface area contributed by atoms with Crippen molar-refractivity contribution in [3.8, 4) is 0 Å². The van der Waals surface area contributed by atoms with Gasteiger partial charge in [0.05, 0.1) is 30.7 Å². The van der Waals surface area contributed by atoms with E-state index in [1.54, 1.807) is 0 Å². The molecule has 0 spiro atoms. The molecule has 0 amide bonds. The number of piperidine rings is 1.